The highest BCUT2D eigenvalue weighted by atomic mass is 15.3. The summed E-state index contributed by atoms with van der Waals surface area (Å²) in [5.74, 6) is 0.503. The molecule has 0 amide bonds. The summed E-state index contributed by atoms with van der Waals surface area (Å²) in [5, 5.41) is 4.77. The van der Waals surface area contributed by atoms with Crippen molar-refractivity contribution in [2.75, 3.05) is 4.90 Å². The van der Waals surface area contributed by atoms with Gasteiger partial charge in [-0.05, 0) is 63.0 Å². The van der Waals surface area contributed by atoms with E-state index in [2.05, 4.69) is 145 Å². The molecule has 4 heteroatoms. The summed E-state index contributed by atoms with van der Waals surface area (Å²) < 4.78 is 0. The second-order valence-electron chi connectivity index (χ2n) is 11.6. The summed E-state index contributed by atoms with van der Waals surface area (Å²) in [7, 11) is 0. The quantitative estimate of drug-likeness (QED) is 0.0960. The van der Waals surface area contributed by atoms with Crippen LogP contribution >= 0.6 is 0 Å². The largest absolute Gasteiger partial charge is 0.369 e. The Labute approximate surface area is 268 Å². The fourth-order valence-electron chi connectivity index (χ4n) is 6.97. The lowest BCUT2D eigenvalue weighted by Crippen LogP contribution is -2.46. The van der Waals surface area contributed by atoms with Crippen LogP contribution in [0.3, 0.4) is 0 Å². The molecule has 2 unspecified atom stereocenters. The van der Waals surface area contributed by atoms with E-state index < -0.39 is 0 Å². The number of anilines is 1. The van der Waals surface area contributed by atoms with Crippen molar-refractivity contribution in [3.8, 4) is 22.4 Å². The Morgan fingerprint density at radius 1 is 0.717 bits per heavy atom. The van der Waals surface area contributed by atoms with Crippen LogP contribution in [0.5, 0.6) is 0 Å². The monoisotopic (exact) mass is 592 g/mol. The number of aliphatic imine (C=N–C) groups is 1. The van der Waals surface area contributed by atoms with Crippen molar-refractivity contribution >= 4 is 38.9 Å². The van der Waals surface area contributed by atoms with E-state index in [0.29, 0.717) is 11.7 Å². The molecule has 2 atom stereocenters. The summed E-state index contributed by atoms with van der Waals surface area (Å²) in [4.78, 5) is 12.4. The molecule has 2 heterocycles. The summed E-state index contributed by atoms with van der Waals surface area (Å²) in [6, 6.07) is 42.3. The Morgan fingerprint density at radius 2 is 1.43 bits per heavy atom. The van der Waals surface area contributed by atoms with Gasteiger partial charge in [0.2, 0.25) is 5.96 Å². The van der Waals surface area contributed by atoms with Crippen LogP contribution in [0.25, 0.3) is 49.6 Å². The molecule has 0 saturated heterocycles. The summed E-state index contributed by atoms with van der Waals surface area (Å²) in [6.45, 7) is 4.00. The fraction of sp³-hybridized carbons (Fsp3) is 0.0476. The van der Waals surface area contributed by atoms with Gasteiger partial charge in [0.1, 0.15) is 0 Å². The lowest BCUT2D eigenvalue weighted by Gasteiger charge is -2.35. The molecule has 0 spiro atoms. The number of allylic oxidation sites excluding steroid dienone is 4. The van der Waals surface area contributed by atoms with Crippen molar-refractivity contribution in [2.45, 2.75) is 12.0 Å². The first kappa shape index (κ1) is 27.5. The molecule has 0 saturated carbocycles. The zero-order valence-electron chi connectivity index (χ0n) is 25.3. The van der Waals surface area contributed by atoms with Gasteiger partial charge in [-0.15, -0.1) is 0 Å². The number of pyridine rings is 1. The highest BCUT2D eigenvalue weighted by Gasteiger charge is 2.35. The van der Waals surface area contributed by atoms with E-state index in [9.17, 15) is 0 Å². The predicted molar refractivity (Wildman–Crippen MR) is 194 cm³/mol. The maximum Gasteiger partial charge on any atom is 0.201 e. The van der Waals surface area contributed by atoms with Crippen LogP contribution in [-0.2, 0) is 0 Å². The number of para-hydroxylation sites is 1. The van der Waals surface area contributed by atoms with E-state index in [4.69, 9.17) is 15.7 Å². The fourth-order valence-corrected chi connectivity index (χ4v) is 6.97. The second kappa shape index (κ2) is 11.5. The maximum absolute atomic E-state index is 7.04. The number of fused-ring (bicyclic) bond motifs is 8. The van der Waals surface area contributed by atoms with Crippen LogP contribution in [0, 0.1) is 0 Å². The minimum atomic E-state index is -0.0493. The van der Waals surface area contributed by atoms with Crippen LogP contribution in [0.15, 0.2) is 169 Å². The molecular weight excluding hydrogens is 560 g/mol. The molecule has 6 aromatic rings. The van der Waals surface area contributed by atoms with Crippen LogP contribution < -0.4 is 10.6 Å². The van der Waals surface area contributed by atoms with E-state index in [1.54, 1.807) is 6.08 Å². The van der Waals surface area contributed by atoms with Gasteiger partial charge in [0.05, 0.1) is 28.8 Å². The molecule has 1 aliphatic heterocycles. The number of nitrogens with two attached hydrogens (primary N) is 1. The lowest BCUT2D eigenvalue weighted by molar-refractivity contribution is 0.706. The molecule has 0 bridgehead atoms. The van der Waals surface area contributed by atoms with E-state index in [0.717, 1.165) is 33.6 Å². The zero-order valence-corrected chi connectivity index (χ0v) is 25.3. The predicted octanol–water partition coefficient (Wildman–Crippen LogP) is 9.66. The molecular formula is C42H32N4. The number of hydrogen-bond donors (Lipinski definition) is 1. The summed E-state index contributed by atoms with van der Waals surface area (Å²) in [5.41, 5.74) is 15.0. The summed E-state index contributed by atoms with van der Waals surface area (Å²) >= 11 is 0. The van der Waals surface area contributed by atoms with Crippen LogP contribution in [0.1, 0.15) is 17.2 Å². The number of aromatic nitrogens is 1. The van der Waals surface area contributed by atoms with Gasteiger partial charge in [0.25, 0.3) is 0 Å². The minimum absolute atomic E-state index is 0.0493. The van der Waals surface area contributed by atoms with Gasteiger partial charge in [-0.3, -0.25) is 0 Å². The Hall–Kier alpha value is -6.00. The molecule has 46 heavy (non-hydrogen) atoms. The molecule has 4 nitrogen and oxygen atoms in total. The number of guanidine groups is 1. The lowest BCUT2D eigenvalue weighted by atomic mass is 9.85. The normalized spacial score (nSPS) is 17.3. The van der Waals surface area contributed by atoms with Crippen molar-refractivity contribution in [3.63, 3.8) is 0 Å². The van der Waals surface area contributed by atoms with E-state index in [1.165, 1.54) is 27.3 Å². The average Bonchev–Trinajstić information content (AvgIpc) is 3.24. The molecule has 1 aromatic heterocycles. The van der Waals surface area contributed by atoms with Gasteiger partial charge in [-0.1, -0.05) is 134 Å². The van der Waals surface area contributed by atoms with Crippen LogP contribution in [0.2, 0.25) is 0 Å². The first-order valence-electron chi connectivity index (χ1n) is 15.6. The van der Waals surface area contributed by atoms with Crippen LogP contribution in [-0.4, -0.2) is 17.0 Å². The van der Waals surface area contributed by atoms with Gasteiger partial charge in [0.15, 0.2) is 0 Å². The van der Waals surface area contributed by atoms with Gasteiger partial charge >= 0.3 is 0 Å². The summed E-state index contributed by atoms with van der Waals surface area (Å²) in [6.07, 6.45) is 12.3. The van der Waals surface area contributed by atoms with Crippen molar-refractivity contribution in [3.05, 3.63) is 176 Å². The smallest absolute Gasteiger partial charge is 0.201 e. The molecule has 5 aromatic carbocycles. The first-order valence-corrected chi connectivity index (χ1v) is 15.6. The van der Waals surface area contributed by atoms with E-state index in [1.807, 2.05) is 18.2 Å². The second-order valence-corrected chi connectivity index (χ2v) is 11.6. The zero-order chi connectivity index (χ0) is 31.0. The van der Waals surface area contributed by atoms with Gasteiger partial charge in [-0.2, -0.15) is 0 Å². The molecule has 220 valence electrons. The third-order valence-electron chi connectivity index (χ3n) is 8.99. The van der Waals surface area contributed by atoms with Gasteiger partial charge < -0.3 is 10.6 Å². The third kappa shape index (κ3) is 4.63. The highest BCUT2D eigenvalue weighted by molar-refractivity contribution is 6.13. The number of rotatable bonds is 4. The van der Waals surface area contributed by atoms with Crippen molar-refractivity contribution in [1.82, 2.24) is 4.98 Å². The number of hydrogen-bond acceptors (Lipinski definition) is 2. The Morgan fingerprint density at radius 3 is 2.30 bits per heavy atom. The molecule has 0 radical (unpaired) electrons. The topological polar surface area (TPSA) is 54.5 Å². The van der Waals surface area contributed by atoms with Crippen molar-refractivity contribution in [2.24, 2.45) is 10.7 Å². The molecule has 2 aliphatic rings. The molecule has 0 fully saturated rings. The van der Waals surface area contributed by atoms with Crippen molar-refractivity contribution in [1.29, 1.82) is 0 Å². The SMILES string of the molecule is C=C/C=C(\N=C(/N)N1c2ccccc2-c2ccccc2C2C=CC=CC21)c1cccc(-c2cc3ccccc3c3ccccc23)n1. The average molecular weight is 593 g/mol. The molecule has 2 N–H and O–H groups in total. The van der Waals surface area contributed by atoms with Gasteiger partial charge in [-0.25, -0.2) is 9.98 Å². The Balaban J connectivity index is 1.25. The Kier molecular flexibility index (Phi) is 6.88. The van der Waals surface area contributed by atoms with Gasteiger partial charge in [0, 0.05) is 17.0 Å². The molecule has 8 rings (SSSR count). The Bertz CT molecular complexity index is 2270. The standard InChI is InChI=1S/C42H32N4/c1-2-14-38(39-24-13-23-37(44-39)36-27-28-15-3-4-16-29(28)30-17-5-8-20-33(30)36)45-42(43)46-40-25-11-9-21-34(40)31-18-6-7-19-32(31)35-22-10-12-26-41(35)46/h2-27,34,40H,1H2,(H2,43,45)/b38-14-. The van der Waals surface area contributed by atoms with E-state index in [-0.39, 0.29) is 12.0 Å². The molecule has 1 aliphatic carbocycles. The first-order chi connectivity index (χ1) is 22.7. The maximum atomic E-state index is 7.04. The van der Waals surface area contributed by atoms with Crippen LogP contribution in [0.4, 0.5) is 5.69 Å². The van der Waals surface area contributed by atoms with Crippen molar-refractivity contribution < 1.29 is 0 Å². The highest BCUT2D eigenvalue weighted by Crippen LogP contribution is 2.45. The number of nitrogens with zero attached hydrogens (tertiary/aromatic N) is 3. The number of benzene rings is 5. The minimum Gasteiger partial charge on any atom is -0.369 e. The van der Waals surface area contributed by atoms with E-state index >= 15 is 0 Å². The third-order valence-corrected chi connectivity index (χ3v) is 8.99.